The molecule has 1 saturated heterocycles. The number of benzene rings is 1. The number of β-amino-alcohol motifs (C(OH)–C–C–N with tert-alkyl or cyclic N) is 1. The molecule has 0 saturated carbocycles. The van der Waals surface area contributed by atoms with Crippen molar-refractivity contribution >= 4 is 34.2 Å². The molecule has 0 aromatic heterocycles. The Balaban J connectivity index is 0.00000180. The number of amides is 1. The van der Waals surface area contributed by atoms with Crippen LogP contribution in [0.1, 0.15) is 15.9 Å². The molecule has 2 rings (SSSR count). The van der Waals surface area contributed by atoms with Crippen LogP contribution in [0.25, 0.3) is 0 Å². The monoisotopic (exact) mass is 348 g/mol. The van der Waals surface area contributed by atoms with Gasteiger partial charge >= 0.3 is 0 Å². The molecule has 1 aliphatic rings. The zero-order valence-corrected chi connectivity index (χ0v) is 13.1. The molecule has 2 unspecified atom stereocenters. The average Bonchev–Trinajstić information content (AvgIpc) is 2.75. The van der Waals surface area contributed by atoms with Gasteiger partial charge in [-0.25, -0.2) is 0 Å². The van der Waals surface area contributed by atoms with Crippen LogP contribution < -0.4 is 10.6 Å². The summed E-state index contributed by atoms with van der Waals surface area (Å²) in [5, 5.41) is 15.6. The maximum absolute atomic E-state index is 12.0. The molecule has 1 aromatic carbocycles. The van der Waals surface area contributed by atoms with Gasteiger partial charge in [-0.2, -0.15) is 0 Å². The highest BCUT2D eigenvalue weighted by Crippen LogP contribution is 2.19. The summed E-state index contributed by atoms with van der Waals surface area (Å²) >= 11 is 3.41. The highest BCUT2D eigenvalue weighted by atomic mass is 79.9. The molecule has 0 aliphatic carbocycles. The van der Waals surface area contributed by atoms with Gasteiger partial charge in [0.25, 0.3) is 5.91 Å². The van der Waals surface area contributed by atoms with E-state index in [1.165, 1.54) is 0 Å². The third kappa shape index (κ3) is 3.92. The van der Waals surface area contributed by atoms with Gasteiger partial charge in [0, 0.05) is 35.6 Å². The largest absolute Gasteiger partial charge is 0.391 e. The number of carbonyl (C=O) groups is 1. The molecule has 0 spiro atoms. The van der Waals surface area contributed by atoms with E-state index in [4.69, 9.17) is 0 Å². The van der Waals surface area contributed by atoms with Crippen molar-refractivity contribution in [1.29, 1.82) is 0 Å². The molecule has 0 bridgehead atoms. The van der Waals surface area contributed by atoms with Crippen molar-refractivity contribution in [2.24, 2.45) is 5.92 Å². The Hall–Kier alpha value is -0.620. The molecule has 6 heteroatoms. The van der Waals surface area contributed by atoms with Crippen molar-refractivity contribution in [2.45, 2.75) is 13.0 Å². The number of aliphatic hydroxyl groups excluding tert-OH is 1. The number of aliphatic hydroxyl groups is 1. The summed E-state index contributed by atoms with van der Waals surface area (Å²) < 4.78 is 0.928. The van der Waals surface area contributed by atoms with Crippen LogP contribution in [-0.4, -0.2) is 36.8 Å². The van der Waals surface area contributed by atoms with E-state index in [0.717, 1.165) is 16.6 Å². The third-order valence-corrected chi connectivity index (χ3v) is 4.20. The van der Waals surface area contributed by atoms with E-state index in [2.05, 4.69) is 26.6 Å². The van der Waals surface area contributed by atoms with Crippen molar-refractivity contribution in [1.82, 2.24) is 10.6 Å². The zero-order chi connectivity index (χ0) is 13.1. The van der Waals surface area contributed by atoms with Crippen molar-refractivity contribution in [2.75, 3.05) is 19.6 Å². The number of halogens is 2. The molecule has 1 aliphatic heterocycles. The number of rotatable bonds is 3. The molecule has 3 N–H and O–H groups in total. The lowest BCUT2D eigenvalue weighted by Crippen LogP contribution is -2.34. The molecular formula is C13H18BrClN2O2. The lowest BCUT2D eigenvalue weighted by atomic mass is 10.1. The summed E-state index contributed by atoms with van der Waals surface area (Å²) in [5.41, 5.74) is 1.60. The van der Waals surface area contributed by atoms with Gasteiger partial charge in [-0.3, -0.25) is 4.79 Å². The van der Waals surface area contributed by atoms with Crippen LogP contribution in [0.5, 0.6) is 0 Å². The fourth-order valence-electron chi connectivity index (χ4n) is 2.10. The molecular weight excluding hydrogens is 332 g/mol. The van der Waals surface area contributed by atoms with Crippen LogP contribution in [0.4, 0.5) is 0 Å². The van der Waals surface area contributed by atoms with Gasteiger partial charge in [-0.15, -0.1) is 12.4 Å². The minimum atomic E-state index is -0.367. The third-order valence-electron chi connectivity index (χ3n) is 3.34. The molecule has 1 amide bonds. The summed E-state index contributed by atoms with van der Waals surface area (Å²) in [6.45, 7) is 3.76. The van der Waals surface area contributed by atoms with E-state index < -0.39 is 0 Å². The van der Waals surface area contributed by atoms with Crippen LogP contribution in [-0.2, 0) is 0 Å². The van der Waals surface area contributed by atoms with Crippen molar-refractivity contribution in [3.63, 3.8) is 0 Å². The summed E-state index contributed by atoms with van der Waals surface area (Å²) in [4.78, 5) is 12.0. The van der Waals surface area contributed by atoms with Gasteiger partial charge in [0.15, 0.2) is 0 Å². The summed E-state index contributed by atoms with van der Waals surface area (Å²) in [6, 6.07) is 5.56. The first-order chi connectivity index (χ1) is 8.59. The van der Waals surface area contributed by atoms with Crippen LogP contribution in [0.2, 0.25) is 0 Å². The van der Waals surface area contributed by atoms with E-state index in [-0.39, 0.29) is 30.3 Å². The molecule has 1 fully saturated rings. The van der Waals surface area contributed by atoms with E-state index >= 15 is 0 Å². The van der Waals surface area contributed by atoms with E-state index in [9.17, 15) is 9.90 Å². The predicted octanol–water partition coefficient (Wildman–Crippen LogP) is 1.49. The summed E-state index contributed by atoms with van der Waals surface area (Å²) in [6.07, 6.45) is -0.367. The van der Waals surface area contributed by atoms with Crippen LogP contribution >= 0.6 is 28.3 Å². The Labute approximate surface area is 127 Å². The number of carbonyl (C=O) groups excluding carboxylic acids is 1. The second-order valence-electron chi connectivity index (χ2n) is 4.61. The number of hydrogen-bond acceptors (Lipinski definition) is 3. The standard InChI is InChI=1S/C13H17BrN2O2.ClH/c1-8-10(3-2-4-11(8)14)13(18)16-6-9-5-15-7-12(9)17;/h2-4,9,12,15,17H,5-7H2,1H3,(H,16,18);1H. The van der Waals surface area contributed by atoms with E-state index in [0.29, 0.717) is 18.7 Å². The topological polar surface area (TPSA) is 61.4 Å². The lowest BCUT2D eigenvalue weighted by Gasteiger charge is -2.15. The molecule has 106 valence electrons. The van der Waals surface area contributed by atoms with Crippen LogP contribution in [0.15, 0.2) is 22.7 Å². The fraction of sp³-hybridized carbons (Fsp3) is 0.462. The van der Waals surface area contributed by atoms with E-state index in [1.807, 2.05) is 19.1 Å². The van der Waals surface area contributed by atoms with Gasteiger partial charge in [0.2, 0.25) is 0 Å². The minimum Gasteiger partial charge on any atom is -0.391 e. The smallest absolute Gasteiger partial charge is 0.251 e. The molecule has 1 heterocycles. The van der Waals surface area contributed by atoms with Crippen LogP contribution in [0, 0.1) is 12.8 Å². The Morgan fingerprint density at radius 2 is 2.26 bits per heavy atom. The second-order valence-corrected chi connectivity index (χ2v) is 5.46. The molecule has 2 atom stereocenters. The first-order valence-electron chi connectivity index (χ1n) is 6.01. The van der Waals surface area contributed by atoms with Gasteiger partial charge in [-0.05, 0) is 24.6 Å². The zero-order valence-electron chi connectivity index (χ0n) is 10.6. The molecule has 19 heavy (non-hydrogen) atoms. The first kappa shape index (κ1) is 16.4. The number of hydrogen-bond donors (Lipinski definition) is 3. The van der Waals surface area contributed by atoms with Crippen molar-refractivity contribution in [3.8, 4) is 0 Å². The quantitative estimate of drug-likeness (QED) is 0.775. The Morgan fingerprint density at radius 1 is 1.53 bits per heavy atom. The average molecular weight is 350 g/mol. The predicted molar refractivity (Wildman–Crippen MR) is 80.8 cm³/mol. The Bertz CT molecular complexity index is 456. The maximum Gasteiger partial charge on any atom is 0.251 e. The maximum atomic E-state index is 12.0. The first-order valence-corrected chi connectivity index (χ1v) is 6.81. The van der Waals surface area contributed by atoms with Gasteiger partial charge < -0.3 is 15.7 Å². The lowest BCUT2D eigenvalue weighted by molar-refractivity contribution is 0.0926. The molecule has 1 aromatic rings. The van der Waals surface area contributed by atoms with Crippen LogP contribution in [0.3, 0.4) is 0 Å². The summed E-state index contributed by atoms with van der Waals surface area (Å²) in [5.74, 6) is 0.00862. The fourth-order valence-corrected chi connectivity index (χ4v) is 2.47. The van der Waals surface area contributed by atoms with Gasteiger partial charge in [0.05, 0.1) is 6.10 Å². The second kappa shape index (κ2) is 7.24. The highest BCUT2D eigenvalue weighted by molar-refractivity contribution is 9.10. The Kier molecular flexibility index (Phi) is 6.26. The van der Waals surface area contributed by atoms with Crippen molar-refractivity contribution in [3.05, 3.63) is 33.8 Å². The minimum absolute atomic E-state index is 0. The highest BCUT2D eigenvalue weighted by Gasteiger charge is 2.25. The van der Waals surface area contributed by atoms with Crippen molar-refractivity contribution < 1.29 is 9.90 Å². The normalized spacial score (nSPS) is 21.8. The van der Waals surface area contributed by atoms with Gasteiger partial charge in [-0.1, -0.05) is 22.0 Å². The van der Waals surface area contributed by atoms with Gasteiger partial charge in [0.1, 0.15) is 0 Å². The summed E-state index contributed by atoms with van der Waals surface area (Å²) in [7, 11) is 0. The Morgan fingerprint density at radius 3 is 2.89 bits per heavy atom. The SMILES string of the molecule is Cc1c(Br)cccc1C(=O)NCC1CNCC1O.Cl. The van der Waals surface area contributed by atoms with E-state index in [1.54, 1.807) is 6.07 Å². The molecule has 0 radical (unpaired) electrons. The number of nitrogens with one attached hydrogen (secondary N) is 2. The molecule has 4 nitrogen and oxygen atoms in total.